The van der Waals surface area contributed by atoms with Gasteiger partial charge in [-0.2, -0.15) is 0 Å². The average molecular weight is 380 g/mol. The molecular weight excluding hydrogens is 363 g/mol. The van der Waals surface area contributed by atoms with E-state index in [-0.39, 0.29) is 6.04 Å². The third-order valence-corrected chi connectivity index (χ3v) is 4.64. The normalized spacial score (nSPS) is 15.3. The van der Waals surface area contributed by atoms with Crippen molar-refractivity contribution in [3.05, 3.63) is 62.7 Å². The van der Waals surface area contributed by atoms with Crippen LogP contribution in [-0.2, 0) is 6.42 Å². The summed E-state index contributed by atoms with van der Waals surface area (Å²) in [5, 5.41) is 0. The van der Waals surface area contributed by atoms with Crippen LogP contribution in [-0.4, -0.2) is 6.61 Å². The molecule has 3 rings (SSSR count). The van der Waals surface area contributed by atoms with Crippen molar-refractivity contribution in [2.75, 3.05) is 6.61 Å². The number of hydrogen-bond donors (Lipinski definition) is 2. The van der Waals surface area contributed by atoms with Gasteiger partial charge in [0, 0.05) is 9.13 Å². The second-order valence-electron chi connectivity index (χ2n) is 4.91. The van der Waals surface area contributed by atoms with E-state index in [4.69, 9.17) is 10.6 Å². The number of nitrogens with two attached hydrogens (primary N) is 1. The third kappa shape index (κ3) is 2.55. The summed E-state index contributed by atoms with van der Waals surface area (Å²) < 4.78 is 7.10. The van der Waals surface area contributed by atoms with Gasteiger partial charge in [0.25, 0.3) is 0 Å². The van der Waals surface area contributed by atoms with Crippen LogP contribution in [0.4, 0.5) is 0 Å². The van der Waals surface area contributed by atoms with Crippen molar-refractivity contribution in [3.8, 4) is 5.75 Å². The fraction of sp³-hybridized carbons (Fsp3) is 0.250. The molecule has 4 heteroatoms. The smallest absolute Gasteiger partial charge is 0.127 e. The minimum absolute atomic E-state index is 0.0452. The van der Waals surface area contributed by atoms with Gasteiger partial charge in [-0.15, -0.1) is 0 Å². The van der Waals surface area contributed by atoms with E-state index in [1.165, 1.54) is 14.7 Å². The maximum Gasteiger partial charge on any atom is 0.127 e. The van der Waals surface area contributed by atoms with Gasteiger partial charge in [-0.1, -0.05) is 36.4 Å². The van der Waals surface area contributed by atoms with Gasteiger partial charge in [-0.05, 0) is 52.6 Å². The molecule has 0 aliphatic carbocycles. The van der Waals surface area contributed by atoms with Gasteiger partial charge in [-0.3, -0.25) is 5.84 Å². The molecule has 0 saturated heterocycles. The summed E-state index contributed by atoms with van der Waals surface area (Å²) in [6.07, 6.45) is 2.16. The number of halogens is 1. The van der Waals surface area contributed by atoms with Crippen LogP contribution in [0.1, 0.15) is 29.2 Å². The van der Waals surface area contributed by atoms with Crippen LogP contribution in [0.3, 0.4) is 0 Å². The first-order chi connectivity index (χ1) is 9.81. The van der Waals surface area contributed by atoms with Crippen molar-refractivity contribution < 1.29 is 4.74 Å². The number of para-hydroxylation sites is 1. The topological polar surface area (TPSA) is 47.3 Å². The molecule has 1 atom stereocenters. The van der Waals surface area contributed by atoms with Crippen molar-refractivity contribution in [2.24, 2.45) is 5.84 Å². The van der Waals surface area contributed by atoms with Crippen LogP contribution in [0.2, 0.25) is 0 Å². The second-order valence-corrected chi connectivity index (χ2v) is 6.07. The van der Waals surface area contributed by atoms with Crippen LogP contribution in [0.15, 0.2) is 42.5 Å². The number of hydrogen-bond acceptors (Lipinski definition) is 3. The van der Waals surface area contributed by atoms with Gasteiger partial charge in [0.1, 0.15) is 5.75 Å². The Bertz CT molecular complexity index is 615. The highest BCUT2D eigenvalue weighted by atomic mass is 127. The summed E-state index contributed by atoms with van der Waals surface area (Å²) in [4.78, 5) is 0. The molecule has 0 saturated carbocycles. The standard InChI is InChI=1S/C16H17IN2O/c17-14-9-2-1-7-12(14)15(19-18)13-8-3-5-11-6-4-10-20-16(11)13/h1-3,5,7-9,15,19H,4,6,10,18H2. The number of aryl methyl sites for hydroxylation is 1. The van der Waals surface area contributed by atoms with E-state index in [0.717, 1.165) is 30.8 Å². The van der Waals surface area contributed by atoms with Crippen molar-refractivity contribution >= 4 is 22.6 Å². The zero-order valence-electron chi connectivity index (χ0n) is 11.1. The molecule has 1 unspecified atom stereocenters. The number of benzene rings is 2. The molecule has 0 aromatic heterocycles. The summed E-state index contributed by atoms with van der Waals surface area (Å²) in [5.74, 6) is 6.83. The van der Waals surface area contributed by atoms with Gasteiger partial charge < -0.3 is 4.74 Å². The Morgan fingerprint density at radius 1 is 1.10 bits per heavy atom. The Morgan fingerprint density at radius 3 is 2.70 bits per heavy atom. The molecule has 3 N–H and O–H groups in total. The first-order valence-electron chi connectivity index (χ1n) is 6.76. The fourth-order valence-electron chi connectivity index (χ4n) is 2.70. The van der Waals surface area contributed by atoms with E-state index < -0.39 is 0 Å². The summed E-state index contributed by atoms with van der Waals surface area (Å²) in [7, 11) is 0. The summed E-state index contributed by atoms with van der Waals surface area (Å²) in [6, 6.07) is 14.6. The van der Waals surface area contributed by atoms with E-state index in [0.29, 0.717) is 0 Å². The minimum Gasteiger partial charge on any atom is -0.493 e. The predicted molar refractivity (Wildman–Crippen MR) is 88.6 cm³/mol. The highest BCUT2D eigenvalue weighted by Gasteiger charge is 2.22. The molecule has 2 aromatic carbocycles. The van der Waals surface area contributed by atoms with E-state index >= 15 is 0 Å². The highest BCUT2D eigenvalue weighted by molar-refractivity contribution is 14.1. The highest BCUT2D eigenvalue weighted by Crippen LogP contribution is 2.36. The Morgan fingerprint density at radius 2 is 1.90 bits per heavy atom. The Balaban J connectivity index is 2.09. The zero-order valence-corrected chi connectivity index (χ0v) is 13.3. The van der Waals surface area contributed by atoms with Crippen LogP contribution in [0, 0.1) is 3.57 Å². The van der Waals surface area contributed by atoms with Crippen molar-refractivity contribution in [1.29, 1.82) is 0 Å². The summed E-state index contributed by atoms with van der Waals surface area (Å²) >= 11 is 2.35. The lowest BCUT2D eigenvalue weighted by Crippen LogP contribution is -2.30. The molecule has 104 valence electrons. The molecule has 0 spiro atoms. The molecule has 0 fully saturated rings. The number of nitrogens with one attached hydrogen (secondary N) is 1. The molecule has 20 heavy (non-hydrogen) atoms. The molecular formula is C16H17IN2O. The fourth-order valence-corrected chi connectivity index (χ4v) is 3.40. The summed E-state index contributed by atoms with van der Waals surface area (Å²) in [6.45, 7) is 0.785. The van der Waals surface area contributed by atoms with Gasteiger partial charge in [0.15, 0.2) is 0 Å². The SMILES string of the molecule is NNC(c1ccccc1I)c1cccc2c1OCCC2. The van der Waals surface area contributed by atoms with Gasteiger partial charge in [0.05, 0.1) is 12.6 Å². The Labute approximate surface area is 132 Å². The molecule has 0 radical (unpaired) electrons. The van der Waals surface area contributed by atoms with Crippen molar-refractivity contribution in [1.82, 2.24) is 5.43 Å². The number of hydrazine groups is 1. The zero-order chi connectivity index (χ0) is 13.9. The van der Waals surface area contributed by atoms with Crippen molar-refractivity contribution in [2.45, 2.75) is 18.9 Å². The largest absolute Gasteiger partial charge is 0.493 e. The minimum atomic E-state index is -0.0452. The predicted octanol–water partition coefficient (Wildman–Crippen LogP) is 3.17. The van der Waals surface area contributed by atoms with Crippen LogP contribution in [0.5, 0.6) is 5.75 Å². The van der Waals surface area contributed by atoms with Crippen LogP contribution >= 0.6 is 22.6 Å². The lowest BCUT2D eigenvalue weighted by Gasteiger charge is -2.25. The van der Waals surface area contributed by atoms with Gasteiger partial charge >= 0.3 is 0 Å². The number of rotatable bonds is 3. The van der Waals surface area contributed by atoms with Gasteiger partial charge in [0.2, 0.25) is 0 Å². The molecule has 3 nitrogen and oxygen atoms in total. The Kier molecular flexibility index (Phi) is 4.24. The number of ether oxygens (including phenoxy) is 1. The average Bonchev–Trinajstić information content (AvgIpc) is 2.50. The number of fused-ring (bicyclic) bond motifs is 1. The van der Waals surface area contributed by atoms with E-state index in [9.17, 15) is 0 Å². The molecule has 0 bridgehead atoms. The molecule has 1 heterocycles. The van der Waals surface area contributed by atoms with Crippen molar-refractivity contribution in [3.63, 3.8) is 0 Å². The lowest BCUT2D eigenvalue weighted by molar-refractivity contribution is 0.283. The van der Waals surface area contributed by atoms with E-state index in [1.807, 2.05) is 12.1 Å². The Hall–Kier alpha value is -1.11. The summed E-state index contributed by atoms with van der Waals surface area (Å²) in [5.41, 5.74) is 6.52. The molecule has 1 aliphatic rings. The maximum atomic E-state index is 5.90. The maximum absolute atomic E-state index is 5.90. The quantitative estimate of drug-likeness (QED) is 0.489. The first kappa shape index (κ1) is 13.9. The van der Waals surface area contributed by atoms with E-state index in [2.05, 4.69) is 58.3 Å². The monoisotopic (exact) mass is 380 g/mol. The second kappa shape index (κ2) is 6.11. The van der Waals surface area contributed by atoms with Crippen LogP contribution in [0.25, 0.3) is 0 Å². The van der Waals surface area contributed by atoms with Crippen LogP contribution < -0.4 is 16.0 Å². The van der Waals surface area contributed by atoms with Gasteiger partial charge in [-0.25, -0.2) is 5.43 Å². The molecule has 1 aliphatic heterocycles. The molecule has 2 aromatic rings. The third-order valence-electron chi connectivity index (χ3n) is 3.66. The van der Waals surface area contributed by atoms with E-state index in [1.54, 1.807) is 0 Å². The lowest BCUT2D eigenvalue weighted by atomic mass is 9.94. The molecule has 0 amide bonds. The first-order valence-corrected chi connectivity index (χ1v) is 7.84.